The van der Waals surface area contributed by atoms with E-state index in [-0.39, 0.29) is 11.5 Å². The zero-order chi connectivity index (χ0) is 23.0. The van der Waals surface area contributed by atoms with Crippen molar-refractivity contribution in [2.75, 3.05) is 52.2 Å². The monoisotopic (exact) mass is 422 g/mol. The van der Waals surface area contributed by atoms with Crippen molar-refractivity contribution in [2.24, 2.45) is 0 Å². The SMILES string of the molecule is COc1cc(N(C)C)ccc1/C=C/C(=O)C=C(O)/C=C/c1ccc(N(C)C)cc1OC. The molecule has 0 amide bonds. The van der Waals surface area contributed by atoms with E-state index in [1.165, 1.54) is 12.2 Å². The molecule has 0 bridgehead atoms. The number of anilines is 2. The lowest BCUT2D eigenvalue weighted by Crippen LogP contribution is -2.08. The number of methoxy groups -OCH3 is 2. The molecule has 1 N–H and O–H groups in total. The molecule has 6 nitrogen and oxygen atoms in total. The van der Waals surface area contributed by atoms with E-state index < -0.39 is 0 Å². The Balaban J connectivity index is 2.13. The Morgan fingerprint density at radius 2 is 1.26 bits per heavy atom. The van der Waals surface area contributed by atoms with Gasteiger partial charge in [0.2, 0.25) is 0 Å². The third kappa shape index (κ3) is 6.67. The molecule has 0 spiro atoms. The number of carbonyl (C=O) groups excluding carboxylic acids is 1. The van der Waals surface area contributed by atoms with Crippen LogP contribution in [0.15, 0.2) is 60.4 Å². The number of ketones is 1. The fourth-order valence-corrected chi connectivity index (χ4v) is 2.82. The first-order valence-electron chi connectivity index (χ1n) is 9.76. The first-order chi connectivity index (χ1) is 14.7. The summed E-state index contributed by atoms with van der Waals surface area (Å²) in [6.07, 6.45) is 7.38. The van der Waals surface area contributed by atoms with E-state index in [0.29, 0.717) is 11.5 Å². The fraction of sp³-hybridized carbons (Fsp3) is 0.240. The Bertz CT molecular complexity index is 1000. The van der Waals surface area contributed by atoms with Gasteiger partial charge in [-0.2, -0.15) is 0 Å². The molecule has 0 aliphatic rings. The number of benzene rings is 2. The fourth-order valence-electron chi connectivity index (χ4n) is 2.82. The lowest BCUT2D eigenvalue weighted by molar-refractivity contribution is -0.110. The lowest BCUT2D eigenvalue weighted by Gasteiger charge is -2.14. The Morgan fingerprint density at radius 1 is 0.806 bits per heavy atom. The van der Waals surface area contributed by atoms with Gasteiger partial charge in [-0.05, 0) is 48.6 Å². The molecular weight excluding hydrogens is 392 g/mol. The predicted octanol–water partition coefficient (Wildman–Crippen LogP) is 4.57. The lowest BCUT2D eigenvalue weighted by atomic mass is 10.1. The molecule has 0 saturated heterocycles. The quantitative estimate of drug-likeness (QED) is 0.363. The van der Waals surface area contributed by atoms with Crippen LogP contribution in [0, 0.1) is 0 Å². The molecule has 0 radical (unpaired) electrons. The van der Waals surface area contributed by atoms with Crippen LogP contribution in [-0.4, -0.2) is 53.3 Å². The van der Waals surface area contributed by atoms with Crippen molar-refractivity contribution >= 4 is 29.3 Å². The topological polar surface area (TPSA) is 62.2 Å². The molecule has 2 aromatic carbocycles. The highest BCUT2D eigenvalue weighted by atomic mass is 16.5. The maximum atomic E-state index is 12.2. The zero-order valence-corrected chi connectivity index (χ0v) is 18.9. The van der Waals surface area contributed by atoms with Crippen LogP contribution in [0.5, 0.6) is 11.5 Å². The minimum Gasteiger partial charge on any atom is -0.508 e. The number of hydrogen-bond acceptors (Lipinski definition) is 6. The van der Waals surface area contributed by atoms with E-state index >= 15 is 0 Å². The molecule has 2 aromatic rings. The maximum Gasteiger partial charge on any atom is 0.182 e. The summed E-state index contributed by atoms with van der Waals surface area (Å²) in [5.41, 5.74) is 3.57. The van der Waals surface area contributed by atoms with E-state index in [0.717, 1.165) is 28.6 Å². The number of rotatable bonds is 9. The second-order valence-corrected chi connectivity index (χ2v) is 7.28. The van der Waals surface area contributed by atoms with Gasteiger partial charge in [0.1, 0.15) is 17.3 Å². The second-order valence-electron chi connectivity index (χ2n) is 7.28. The smallest absolute Gasteiger partial charge is 0.182 e. The van der Waals surface area contributed by atoms with Crippen molar-refractivity contribution in [3.8, 4) is 11.5 Å². The molecule has 0 unspecified atom stereocenters. The third-order valence-corrected chi connectivity index (χ3v) is 4.62. The van der Waals surface area contributed by atoms with Gasteiger partial charge in [-0.1, -0.05) is 0 Å². The molecule has 0 fully saturated rings. The van der Waals surface area contributed by atoms with E-state index in [9.17, 15) is 9.90 Å². The first-order valence-corrected chi connectivity index (χ1v) is 9.76. The van der Waals surface area contributed by atoms with Gasteiger partial charge in [-0.25, -0.2) is 0 Å². The highest BCUT2D eigenvalue weighted by molar-refractivity contribution is 6.02. The highest BCUT2D eigenvalue weighted by Crippen LogP contribution is 2.27. The standard InChI is InChI=1S/C25H30N2O4/c1-26(2)20-11-7-18(24(15-20)30-5)9-13-22(28)17-23(29)14-10-19-8-12-21(27(3)4)16-25(19)31-6/h7-17,28H,1-6H3/b13-9+,14-10+,22-17?. The molecule has 6 heteroatoms. The van der Waals surface area contributed by atoms with Crippen molar-refractivity contribution < 1.29 is 19.4 Å². The van der Waals surface area contributed by atoms with Gasteiger partial charge < -0.3 is 24.4 Å². The van der Waals surface area contributed by atoms with Crippen molar-refractivity contribution in [3.63, 3.8) is 0 Å². The minimum absolute atomic E-state index is 0.150. The predicted molar refractivity (Wildman–Crippen MR) is 128 cm³/mol. The number of aliphatic hydroxyl groups excluding tert-OH is 1. The summed E-state index contributed by atoms with van der Waals surface area (Å²) in [6, 6.07) is 11.5. The number of nitrogens with zero attached hydrogens (tertiary/aromatic N) is 2. The Labute approximate surface area is 184 Å². The van der Waals surface area contributed by atoms with Crippen molar-refractivity contribution in [1.82, 2.24) is 0 Å². The highest BCUT2D eigenvalue weighted by Gasteiger charge is 2.05. The molecule has 2 rings (SSSR count). The number of allylic oxidation sites excluding steroid dienone is 3. The number of aliphatic hydroxyl groups is 1. The summed E-state index contributed by atoms with van der Waals surface area (Å²) in [5.74, 6) is 0.852. The third-order valence-electron chi connectivity index (χ3n) is 4.62. The van der Waals surface area contributed by atoms with E-state index in [1.54, 1.807) is 26.4 Å². The second kappa shape index (κ2) is 10.9. The van der Waals surface area contributed by atoms with E-state index in [1.807, 2.05) is 74.4 Å². The summed E-state index contributed by atoms with van der Waals surface area (Å²) < 4.78 is 10.8. The van der Waals surface area contributed by atoms with Gasteiger partial charge in [-0.3, -0.25) is 4.79 Å². The summed E-state index contributed by atoms with van der Waals surface area (Å²) in [7, 11) is 11.0. The minimum atomic E-state index is -0.337. The van der Waals surface area contributed by atoms with Crippen LogP contribution in [0.3, 0.4) is 0 Å². The molecular formula is C25H30N2O4. The van der Waals surface area contributed by atoms with Gasteiger partial charge in [0.15, 0.2) is 5.78 Å². The van der Waals surface area contributed by atoms with Crippen LogP contribution >= 0.6 is 0 Å². The van der Waals surface area contributed by atoms with Gasteiger partial charge in [0.05, 0.1) is 14.2 Å². The number of hydrogen-bond donors (Lipinski definition) is 1. The molecule has 0 atom stereocenters. The molecule has 164 valence electrons. The van der Waals surface area contributed by atoms with Crippen LogP contribution in [0.2, 0.25) is 0 Å². The van der Waals surface area contributed by atoms with Crippen LogP contribution < -0.4 is 19.3 Å². The van der Waals surface area contributed by atoms with Gasteiger partial charge in [0.25, 0.3) is 0 Å². The molecule has 31 heavy (non-hydrogen) atoms. The largest absolute Gasteiger partial charge is 0.508 e. The summed E-state index contributed by atoms with van der Waals surface area (Å²) in [5, 5.41) is 10.1. The average molecular weight is 423 g/mol. The van der Waals surface area contributed by atoms with Crippen LogP contribution in [0.4, 0.5) is 11.4 Å². The molecule has 0 aromatic heterocycles. The number of carbonyl (C=O) groups is 1. The Kier molecular flexibility index (Phi) is 8.32. The zero-order valence-electron chi connectivity index (χ0n) is 18.9. The average Bonchev–Trinajstić information content (AvgIpc) is 2.75. The Morgan fingerprint density at radius 3 is 1.68 bits per heavy atom. The summed E-state index contributed by atoms with van der Waals surface area (Å²) in [4.78, 5) is 16.2. The van der Waals surface area contributed by atoms with Crippen molar-refractivity contribution in [3.05, 3.63) is 71.5 Å². The number of ether oxygens (including phenoxy) is 2. The van der Waals surface area contributed by atoms with Crippen molar-refractivity contribution in [1.29, 1.82) is 0 Å². The summed E-state index contributed by atoms with van der Waals surface area (Å²) in [6.45, 7) is 0. The molecule has 0 aliphatic carbocycles. The van der Waals surface area contributed by atoms with E-state index in [4.69, 9.17) is 9.47 Å². The normalized spacial score (nSPS) is 11.7. The van der Waals surface area contributed by atoms with Crippen LogP contribution in [0.1, 0.15) is 11.1 Å². The molecule has 0 aliphatic heterocycles. The molecule has 0 saturated carbocycles. The van der Waals surface area contributed by atoms with Gasteiger partial charge in [-0.15, -0.1) is 0 Å². The van der Waals surface area contributed by atoms with Gasteiger partial charge >= 0.3 is 0 Å². The van der Waals surface area contributed by atoms with Gasteiger partial charge in [0, 0.05) is 68.9 Å². The Hall–Kier alpha value is -3.67. The van der Waals surface area contributed by atoms with Crippen molar-refractivity contribution in [2.45, 2.75) is 0 Å². The summed E-state index contributed by atoms with van der Waals surface area (Å²) >= 11 is 0. The van der Waals surface area contributed by atoms with Crippen LogP contribution in [0.25, 0.3) is 12.2 Å². The van der Waals surface area contributed by atoms with Crippen LogP contribution in [-0.2, 0) is 4.79 Å². The first kappa shape index (κ1) is 23.6. The van der Waals surface area contributed by atoms with E-state index in [2.05, 4.69) is 0 Å². The molecule has 0 heterocycles. The maximum absolute atomic E-state index is 12.2.